The van der Waals surface area contributed by atoms with Gasteiger partial charge in [0.2, 0.25) is 0 Å². The summed E-state index contributed by atoms with van der Waals surface area (Å²) >= 11 is 1.62. The second-order valence-corrected chi connectivity index (χ2v) is 9.76. The Bertz CT molecular complexity index is 1150. The number of hydrogen-bond acceptors (Lipinski definition) is 6. The van der Waals surface area contributed by atoms with Crippen LogP contribution in [-0.4, -0.2) is 39.5 Å². The van der Waals surface area contributed by atoms with Crippen LogP contribution in [0.25, 0.3) is 11.1 Å². The average Bonchev–Trinajstić information content (AvgIpc) is 3.47. The van der Waals surface area contributed by atoms with Crippen molar-refractivity contribution in [3.05, 3.63) is 94.4 Å². The summed E-state index contributed by atoms with van der Waals surface area (Å²) in [5.74, 6) is -3.22. The van der Waals surface area contributed by atoms with Crippen LogP contribution >= 0.6 is 11.3 Å². The molecule has 0 aliphatic heterocycles. The molecule has 4 rings (SSSR count). The van der Waals surface area contributed by atoms with E-state index in [0.717, 1.165) is 17.5 Å². The molecule has 2 aromatic carbocycles. The Morgan fingerprint density at radius 1 is 0.971 bits per heavy atom. The zero-order chi connectivity index (χ0) is 24.8. The van der Waals surface area contributed by atoms with Gasteiger partial charge in [-0.25, -0.2) is 4.79 Å². The van der Waals surface area contributed by atoms with Crippen LogP contribution in [-0.2, 0) is 16.0 Å². The number of allylic oxidation sites excluding steroid dienone is 1. The first kappa shape index (κ1) is 24.7. The summed E-state index contributed by atoms with van der Waals surface area (Å²) in [6, 6.07) is 20.8. The number of carboxylic acid groups (broad SMARTS) is 1. The van der Waals surface area contributed by atoms with E-state index in [-0.39, 0.29) is 18.6 Å². The second-order valence-electron chi connectivity index (χ2n) is 8.72. The van der Waals surface area contributed by atoms with Crippen molar-refractivity contribution in [2.75, 3.05) is 0 Å². The van der Waals surface area contributed by atoms with Crippen LogP contribution < -0.4 is 0 Å². The quantitative estimate of drug-likeness (QED) is 0.270. The number of carbonyl (C=O) groups is 2. The molecule has 0 amide bonds. The largest absolute Gasteiger partial charge is 0.512 e. The van der Waals surface area contributed by atoms with E-state index in [1.807, 2.05) is 60.0 Å². The molecule has 6 nitrogen and oxygen atoms in total. The number of aryl methyl sites for hydroxylation is 1. The van der Waals surface area contributed by atoms with E-state index in [2.05, 4.69) is 0 Å². The fourth-order valence-electron chi connectivity index (χ4n) is 4.66. The van der Waals surface area contributed by atoms with Crippen molar-refractivity contribution in [1.82, 2.24) is 0 Å². The number of aliphatic hydroxyl groups is 2. The summed E-state index contributed by atoms with van der Waals surface area (Å²) in [5.41, 5.74) is 2.34. The normalized spacial score (nSPS) is 22.1. The van der Waals surface area contributed by atoms with Gasteiger partial charge in [-0.1, -0.05) is 48.5 Å². The van der Waals surface area contributed by atoms with Crippen molar-refractivity contribution in [1.29, 1.82) is 0 Å². The zero-order valence-electron chi connectivity index (χ0n) is 19.1. The molecule has 0 bridgehead atoms. The molecule has 35 heavy (non-hydrogen) atoms. The summed E-state index contributed by atoms with van der Waals surface area (Å²) in [5, 5.41) is 32.7. The van der Waals surface area contributed by atoms with Crippen molar-refractivity contribution in [3.8, 4) is 11.1 Å². The number of thiophene rings is 1. The van der Waals surface area contributed by atoms with Gasteiger partial charge in [0, 0.05) is 17.2 Å². The summed E-state index contributed by atoms with van der Waals surface area (Å²) < 4.78 is 5.72. The molecule has 182 valence electrons. The second kappa shape index (κ2) is 11.3. The topological polar surface area (TPSA) is 104 Å². The number of ether oxygens (including phenoxy) is 1. The number of aliphatic hydroxyl groups excluding tert-OH is 2. The Hall–Kier alpha value is -3.42. The van der Waals surface area contributed by atoms with Crippen molar-refractivity contribution in [2.24, 2.45) is 11.8 Å². The van der Waals surface area contributed by atoms with Crippen LogP contribution in [0.1, 0.15) is 34.5 Å². The maximum Gasteiger partial charge on any atom is 0.338 e. The molecular weight excluding hydrogens is 464 g/mol. The van der Waals surface area contributed by atoms with Gasteiger partial charge in [0.25, 0.3) is 0 Å². The highest BCUT2D eigenvalue weighted by molar-refractivity contribution is 7.09. The van der Waals surface area contributed by atoms with Gasteiger partial charge in [0.1, 0.15) is 6.10 Å². The highest BCUT2D eigenvalue weighted by Gasteiger charge is 2.47. The van der Waals surface area contributed by atoms with Gasteiger partial charge in [-0.2, -0.15) is 0 Å². The van der Waals surface area contributed by atoms with Crippen LogP contribution in [0.4, 0.5) is 0 Å². The summed E-state index contributed by atoms with van der Waals surface area (Å²) in [7, 11) is 0. The van der Waals surface area contributed by atoms with Crippen molar-refractivity contribution in [2.45, 2.75) is 37.9 Å². The Balaban J connectivity index is 1.48. The third-order valence-corrected chi connectivity index (χ3v) is 7.33. The fourth-order valence-corrected chi connectivity index (χ4v) is 5.38. The molecule has 1 aromatic heterocycles. The molecule has 1 aliphatic carbocycles. The molecule has 7 heteroatoms. The SMILES string of the molecule is O=C(O)C[C@@H]1[C@@H](C(O)=CCCc2cccs2)[C@H](OC(=O)c2ccc(-c3ccccc3)cc2)C[C@@H]1O. The first-order chi connectivity index (χ1) is 16.9. The molecule has 0 unspecified atom stereocenters. The minimum Gasteiger partial charge on any atom is -0.512 e. The van der Waals surface area contributed by atoms with Gasteiger partial charge >= 0.3 is 11.9 Å². The minimum absolute atomic E-state index is 0.0402. The molecular formula is C28H28O6S. The lowest BCUT2D eigenvalue weighted by molar-refractivity contribution is -0.139. The number of esters is 1. The molecule has 1 aliphatic rings. The number of hydrogen-bond donors (Lipinski definition) is 3. The van der Waals surface area contributed by atoms with E-state index in [1.54, 1.807) is 29.5 Å². The van der Waals surface area contributed by atoms with E-state index in [9.17, 15) is 24.9 Å². The standard InChI is InChI=1S/C28H28O6S/c29-23(10-4-8-21-9-5-15-35-21)27-22(16-26(31)32)24(30)17-25(27)34-28(33)20-13-11-19(12-14-20)18-6-2-1-3-7-18/h1-3,5-7,9-15,22,24-25,27,29-30H,4,8,16-17H2,(H,31,32)/t22-,24-,25+,27-/m0/s1. The number of aliphatic carboxylic acids is 1. The Morgan fingerprint density at radius 2 is 1.69 bits per heavy atom. The minimum atomic E-state index is -1.08. The van der Waals surface area contributed by atoms with Gasteiger partial charge in [-0.3, -0.25) is 4.79 Å². The molecule has 1 heterocycles. The highest BCUT2D eigenvalue weighted by Crippen LogP contribution is 2.41. The van der Waals surface area contributed by atoms with Crippen LogP contribution in [0.5, 0.6) is 0 Å². The van der Waals surface area contributed by atoms with E-state index < -0.39 is 36.0 Å². The maximum atomic E-state index is 12.9. The fraction of sp³-hybridized carbons (Fsp3) is 0.286. The third kappa shape index (κ3) is 6.18. The molecule has 3 N–H and O–H groups in total. The molecule has 0 spiro atoms. The lowest BCUT2D eigenvalue weighted by Crippen LogP contribution is -2.29. The predicted molar refractivity (Wildman–Crippen MR) is 134 cm³/mol. The van der Waals surface area contributed by atoms with Gasteiger partial charge in [0.15, 0.2) is 0 Å². The van der Waals surface area contributed by atoms with Gasteiger partial charge in [-0.05, 0) is 53.6 Å². The molecule has 0 saturated heterocycles. The predicted octanol–water partition coefficient (Wildman–Crippen LogP) is 5.49. The Labute approximate surface area is 208 Å². The molecule has 1 fully saturated rings. The molecule has 0 radical (unpaired) electrons. The Morgan fingerprint density at radius 3 is 2.34 bits per heavy atom. The average molecular weight is 493 g/mol. The number of carbonyl (C=O) groups excluding carboxylic acids is 1. The zero-order valence-corrected chi connectivity index (χ0v) is 19.9. The van der Waals surface area contributed by atoms with Gasteiger partial charge in [-0.15, -0.1) is 11.3 Å². The van der Waals surface area contributed by atoms with E-state index in [1.165, 1.54) is 4.88 Å². The van der Waals surface area contributed by atoms with E-state index in [4.69, 9.17) is 4.74 Å². The molecule has 1 saturated carbocycles. The summed E-state index contributed by atoms with van der Waals surface area (Å²) in [6.45, 7) is 0. The lowest BCUT2D eigenvalue weighted by Gasteiger charge is -2.24. The van der Waals surface area contributed by atoms with Crippen LogP contribution in [0.15, 0.2) is 83.9 Å². The molecule has 4 atom stereocenters. The lowest BCUT2D eigenvalue weighted by atomic mass is 9.88. The van der Waals surface area contributed by atoms with Crippen LogP contribution in [0, 0.1) is 11.8 Å². The van der Waals surface area contributed by atoms with Gasteiger partial charge in [0.05, 0.1) is 29.8 Å². The van der Waals surface area contributed by atoms with E-state index in [0.29, 0.717) is 12.0 Å². The molecule has 3 aromatic rings. The van der Waals surface area contributed by atoms with Gasteiger partial charge < -0.3 is 20.1 Å². The van der Waals surface area contributed by atoms with Crippen molar-refractivity contribution < 1.29 is 29.6 Å². The number of rotatable bonds is 9. The number of carboxylic acids is 1. The first-order valence-corrected chi connectivity index (χ1v) is 12.5. The third-order valence-electron chi connectivity index (χ3n) is 6.39. The van der Waals surface area contributed by atoms with Crippen molar-refractivity contribution in [3.63, 3.8) is 0 Å². The van der Waals surface area contributed by atoms with E-state index >= 15 is 0 Å². The summed E-state index contributed by atoms with van der Waals surface area (Å²) in [4.78, 5) is 25.5. The monoisotopic (exact) mass is 492 g/mol. The highest BCUT2D eigenvalue weighted by atomic mass is 32.1. The first-order valence-electron chi connectivity index (χ1n) is 11.6. The Kier molecular flexibility index (Phi) is 8.00. The van der Waals surface area contributed by atoms with Crippen LogP contribution in [0.3, 0.4) is 0 Å². The van der Waals surface area contributed by atoms with Crippen LogP contribution in [0.2, 0.25) is 0 Å². The smallest absolute Gasteiger partial charge is 0.338 e. The van der Waals surface area contributed by atoms with Crippen molar-refractivity contribution >= 4 is 23.3 Å². The summed E-state index contributed by atoms with van der Waals surface area (Å²) in [6.07, 6.45) is 0.857. The number of benzene rings is 2. The maximum absolute atomic E-state index is 12.9.